The van der Waals surface area contributed by atoms with Gasteiger partial charge in [0.1, 0.15) is 11.9 Å². The zero-order chi connectivity index (χ0) is 29.3. The van der Waals surface area contributed by atoms with E-state index in [0.29, 0.717) is 17.9 Å². The number of benzene rings is 2. The number of carbonyl (C=O) groups is 1. The molecule has 8 heteroatoms. The number of aryl methyl sites for hydroxylation is 1. The minimum absolute atomic E-state index is 0.0511. The van der Waals surface area contributed by atoms with Gasteiger partial charge in [-0.15, -0.1) is 0 Å². The van der Waals surface area contributed by atoms with Gasteiger partial charge in [-0.3, -0.25) is 4.79 Å². The lowest BCUT2D eigenvalue weighted by atomic mass is 10.0. The molecule has 1 heterocycles. The molecule has 2 unspecified atom stereocenters. The summed E-state index contributed by atoms with van der Waals surface area (Å²) in [5.74, 6) is 0.630. The lowest BCUT2D eigenvalue weighted by Crippen LogP contribution is -2.35. The Balaban J connectivity index is 1.73. The molecule has 0 bridgehead atoms. The van der Waals surface area contributed by atoms with Crippen LogP contribution in [0, 0.1) is 0 Å². The Morgan fingerprint density at radius 1 is 0.925 bits per heavy atom. The van der Waals surface area contributed by atoms with Crippen LogP contribution >= 0.6 is 0 Å². The number of alkyl halides is 3. The lowest BCUT2D eigenvalue weighted by Gasteiger charge is -2.27. The van der Waals surface area contributed by atoms with Crippen LogP contribution in [0.25, 0.3) is 11.3 Å². The Hall–Kier alpha value is -3.13. The molecule has 1 aromatic heterocycles. The van der Waals surface area contributed by atoms with Crippen LogP contribution in [0.3, 0.4) is 0 Å². The number of nitrogens with zero attached hydrogens (tertiary/aromatic N) is 1. The first-order valence-electron chi connectivity index (χ1n) is 14.0. The molecule has 3 aromatic rings. The van der Waals surface area contributed by atoms with Gasteiger partial charge in [-0.25, -0.2) is 4.98 Å². The summed E-state index contributed by atoms with van der Waals surface area (Å²) in [5.41, 5.74) is 2.36. The fraction of sp³-hybridized carbons (Fsp3) is 0.438. The Bertz CT molecular complexity index is 1220. The Labute approximate surface area is 237 Å². The van der Waals surface area contributed by atoms with Crippen molar-refractivity contribution < 1.29 is 27.4 Å². The molecular weight excluding hydrogens is 531 g/mol. The third-order valence-electron chi connectivity index (χ3n) is 6.97. The predicted octanol–water partition coefficient (Wildman–Crippen LogP) is 9.28. The fourth-order valence-corrected chi connectivity index (χ4v) is 6.44. The standard InChI is InChI=1S/C32H40F3NO3Si/c1-6-8-12-29(28-11-9-10-27(36-28)24-16-18-25(19-17-24)32(33,34)35)39-26-20-13-23(14-21-26)15-22-30(40(3,4)5)31(37)38-7-2/h9-11,13-14,16-21,29-30H,6-8,12,15,22H2,1-5H3. The molecule has 4 nitrogen and oxygen atoms in total. The smallest absolute Gasteiger partial charge is 0.416 e. The number of halogens is 3. The van der Waals surface area contributed by atoms with Gasteiger partial charge in [0.15, 0.2) is 0 Å². The largest absolute Gasteiger partial charge is 0.484 e. The monoisotopic (exact) mass is 571 g/mol. The quantitative estimate of drug-likeness (QED) is 0.152. The molecule has 0 aliphatic rings. The first-order chi connectivity index (χ1) is 18.9. The number of carbonyl (C=O) groups excluding carboxylic acids is 1. The second-order valence-electron chi connectivity index (χ2n) is 11.1. The molecule has 0 radical (unpaired) electrons. The summed E-state index contributed by atoms with van der Waals surface area (Å²) < 4.78 is 50.7. The maximum atomic E-state index is 13.0. The maximum Gasteiger partial charge on any atom is 0.416 e. The SMILES string of the molecule is CCCCC(Oc1ccc(CCC(C(=O)OCC)[Si](C)(C)C)cc1)c1cccc(-c2ccc(C(F)(F)F)cc2)n1. The summed E-state index contributed by atoms with van der Waals surface area (Å²) in [6.45, 7) is 10.9. The summed E-state index contributed by atoms with van der Waals surface area (Å²) in [7, 11) is -1.72. The van der Waals surface area contributed by atoms with Gasteiger partial charge >= 0.3 is 12.1 Å². The van der Waals surface area contributed by atoms with Crippen LogP contribution in [-0.2, 0) is 22.1 Å². The Morgan fingerprint density at radius 3 is 2.17 bits per heavy atom. The van der Waals surface area contributed by atoms with Gasteiger partial charge < -0.3 is 9.47 Å². The van der Waals surface area contributed by atoms with E-state index in [2.05, 4.69) is 26.6 Å². The van der Waals surface area contributed by atoms with E-state index in [1.54, 1.807) is 6.07 Å². The number of unbranched alkanes of at least 4 members (excludes halogenated alkanes) is 1. The van der Waals surface area contributed by atoms with Gasteiger partial charge in [-0.1, -0.05) is 63.3 Å². The van der Waals surface area contributed by atoms with E-state index < -0.39 is 19.8 Å². The summed E-state index contributed by atoms with van der Waals surface area (Å²) >= 11 is 0. The normalized spacial score (nSPS) is 13.5. The molecule has 0 fully saturated rings. The van der Waals surface area contributed by atoms with Crippen molar-refractivity contribution in [2.24, 2.45) is 0 Å². The van der Waals surface area contributed by atoms with Crippen LogP contribution in [-0.4, -0.2) is 25.6 Å². The second-order valence-corrected chi connectivity index (χ2v) is 16.6. The van der Waals surface area contributed by atoms with Gasteiger partial charge in [-0.05, 0) is 74.6 Å². The van der Waals surface area contributed by atoms with Crippen LogP contribution in [0.2, 0.25) is 25.2 Å². The third kappa shape index (κ3) is 8.94. The van der Waals surface area contributed by atoms with Crippen molar-refractivity contribution in [1.82, 2.24) is 4.98 Å². The maximum absolute atomic E-state index is 13.0. The van der Waals surface area contributed by atoms with E-state index >= 15 is 0 Å². The number of ether oxygens (including phenoxy) is 2. The minimum atomic E-state index is -4.38. The topological polar surface area (TPSA) is 48.4 Å². The van der Waals surface area contributed by atoms with Crippen molar-refractivity contribution in [2.75, 3.05) is 6.61 Å². The van der Waals surface area contributed by atoms with Crippen molar-refractivity contribution >= 4 is 14.0 Å². The zero-order valence-electron chi connectivity index (χ0n) is 24.1. The first-order valence-corrected chi connectivity index (χ1v) is 17.6. The number of aromatic nitrogens is 1. The molecule has 0 saturated carbocycles. The molecule has 0 N–H and O–H groups in total. The second kappa shape index (κ2) is 14.0. The van der Waals surface area contributed by atoms with Crippen LogP contribution in [0.1, 0.15) is 62.5 Å². The Kier molecular flexibility index (Phi) is 11.0. The van der Waals surface area contributed by atoms with E-state index in [0.717, 1.165) is 61.2 Å². The van der Waals surface area contributed by atoms with Crippen LogP contribution < -0.4 is 4.74 Å². The summed E-state index contributed by atoms with van der Waals surface area (Å²) in [4.78, 5) is 17.3. The van der Waals surface area contributed by atoms with Gasteiger partial charge in [0.05, 0.1) is 37.2 Å². The molecule has 0 spiro atoms. The Morgan fingerprint density at radius 2 is 1.60 bits per heavy atom. The molecule has 0 aliphatic carbocycles. The molecule has 0 saturated heterocycles. The van der Waals surface area contributed by atoms with E-state index in [1.165, 1.54) is 12.1 Å². The number of esters is 1. The summed E-state index contributed by atoms with van der Waals surface area (Å²) in [6, 6.07) is 18.6. The molecular formula is C32H40F3NO3Si. The highest BCUT2D eigenvalue weighted by atomic mass is 28.3. The average Bonchev–Trinajstić information content (AvgIpc) is 2.91. The van der Waals surface area contributed by atoms with Gasteiger partial charge in [0.2, 0.25) is 0 Å². The fourth-order valence-electron chi connectivity index (χ4n) is 4.64. The van der Waals surface area contributed by atoms with E-state index in [1.807, 2.05) is 43.3 Å². The van der Waals surface area contributed by atoms with Crippen LogP contribution in [0.4, 0.5) is 13.2 Å². The van der Waals surface area contributed by atoms with Crippen molar-refractivity contribution in [3.8, 4) is 17.0 Å². The summed E-state index contributed by atoms with van der Waals surface area (Å²) in [5, 5.41) is 0. The molecule has 0 aliphatic heterocycles. The van der Waals surface area contributed by atoms with Gasteiger partial charge in [0, 0.05) is 5.56 Å². The molecule has 2 aromatic carbocycles. The van der Waals surface area contributed by atoms with Crippen molar-refractivity contribution in [2.45, 2.75) is 83.4 Å². The van der Waals surface area contributed by atoms with Crippen molar-refractivity contribution in [3.63, 3.8) is 0 Å². The number of hydrogen-bond acceptors (Lipinski definition) is 4. The number of hydrogen-bond donors (Lipinski definition) is 0. The molecule has 40 heavy (non-hydrogen) atoms. The summed E-state index contributed by atoms with van der Waals surface area (Å²) in [6.07, 6.45) is -0.422. The van der Waals surface area contributed by atoms with Crippen molar-refractivity contribution in [3.05, 3.63) is 83.6 Å². The minimum Gasteiger partial charge on any atom is -0.484 e. The van der Waals surface area contributed by atoms with E-state index in [9.17, 15) is 18.0 Å². The van der Waals surface area contributed by atoms with E-state index in [-0.39, 0.29) is 17.6 Å². The number of rotatable bonds is 13. The molecule has 216 valence electrons. The number of pyridine rings is 1. The third-order valence-corrected chi connectivity index (χ3v) is 9.58. The first kappa shape index (κ1) is 31.4. The molecule has 2 atom stereocenters. The van der Waals surface area contributed by atoms with Crippen LogP contribution in [0.15, 0.2) is 66.7 Å². The van der Waals surface area contributed by atoms with Crippen LogP contribution in [0.5, 0.6) is 5.75 Å². The van der Waals surface area contributed by atoms with Crippen molar-refractivity contribution in [1.29, 1.82) is 0 Å². The zero-order valence-corrected chi connectivity index (χ0v) is 25.1. The van der Waals surface area contributed by atoms with Gasteiger partial charge in [0.25, 0.3) is 0 Å². The van der Waals surface area contributed by atoms with E-state index in [4.69, 9.17) is 14.5 Å². The lowest BCUT2D eigenvalue weighted by molar-refractivity contribution is -0.143. The highest BCUT2D eigenvalue weighted by molar-refractivity contribution is 6.80. The predicted molar refractivity (Wildman–Crippen MR) is 156 cm³/mol. The molecule has 0 amide bonds. The highest BCUT2D eigenvalue weighted by Crippen LogP contribution is 2.33. The molecule has 3 rings (SSSR count). The van der Waals surface area contributed by atoms with Gasteiger partial charge in [-0.2, -0.15) is 13.2 Å². The highest BCUT2D eigenvalue weighted by Gasteiger charge is 2.33. The average molecular weight is 572 g/mol.